The summed E-state index contributed by atoms with van der Waals surface area (Å²) in [5, 5.41) is 6.55. The van der Waals surface area contributed by atoms with Crippen molar-refractivity contribution >= 4 is 27.5 Å². The van der Waals surface area contributed by atoms with E-state index in [2.05, 4.69) is 26.6 Å². The van der Waals surface area contributed by atoms with Gasteiger partial charge in [-0.2, -0.15) is 0 Å². The number of hydrogen-bond acceptors (Lipinski definition) is 2. The minimum atomic E-state index is 0.135. The number of rotatable bonds is 2. The van der Waals surface area contributed by atoms with Crippen molar-refractivity contribution in [2.24, 2.45) is 5.92 Å². The Hall–Kier alpha value is -0.870. The Morgan fingerprint density at radius 2 is 2.28 bits per heavy atom. The SMILES string of the molecule is Cc1ccc(Br)c(NC(=O)C2CC3CCC2N3)c1. The average molecular weight is 309 g/mol. The summed E-state index contributed by atoms with van der Waals surface area (Å²) >= 11 is 3.48. The monoisotopic (exact) mass is 308 g/mol. The summed E-state index contributed by atoms with van der Waals surface area (Å²) in [5.74, 6) is 0.289. The molecule has 1 aromatic rings. The highest BCUT2D eigenvalue weighted by Gasteiger charge is 2.42. The average Bonchev–Trinajstić information content (AvgIpc) is 2.96. The van der Waals surface area contributed by atoms with Crippen LogP contribution < -0.4 is 10.6 Å². The van der Waals surface area contributed by atoms with E-state index in [0.29, 0.717) is 12.1 Å². The molecule has 96 valence electrons. The van der Waals surface area contributed by atoms with Gasteiger partial charge in [0.1, 0.15) is 0 Å². The minimum absolute atomic E-state index is 0.135. The third kappa shape index (κ3) is 2.19. The highest BCUT2D eigenvalue weighted by molar-refractivity contribution is 9.10. The molecular formula is C14H17BrN2O. The minimum Gasteiger partial charge on any atom is -0.325 e. The second kappa shape index (κ2) is 4.67. The molecule has 2 aliphatic rings. The lowest BCUT2D eigenvalue weighted by atomic mass is 9.88. The van der Waals surface area contributed by atoms with Crippen LogP contribution >= 0.6 is 15.9 Å². The summed E-state index contributed by atoms with van der Waals surface area (Å²) in [4.78, 5) is 12.3. The molecule has 0 saturated carbocycles. The quantitative estimate of drug-likeness (QED) is 0.882. The fraction of sp³-hybridized carbons (Fsp3) is 0.500. The molecule has 4 heteroatoms. The van der Waals surface area contributed by atoms with E-state index >= 15 is 0 Å². The Bertz CT molecular complexity index is 489. The molecule has 2 fully saturated rings. The molecule has 3 unspecified atom stereocenters. The van der Waals surface area contributed by atoms with Gasteiger partial charge in [-0.1, -0.05) is 6.07 Å². The highest BCUT2D eigenvalue weighted by Crippen LogP contribution is 2.34. The molecule has 0 spiro atoms. The maximum Gasteiger partial charge on any atom is 0.229 e. The molecule has 3 nitrogen and oxygen atoms in total. The molecule has 2 aliphatic heterocycles. The Morgan fingerprint density at radius 3 is 2.94 bits per heavy atom. The molecule has 2 heterocycles. The smallest absolute Gasteiger partial charge is 0.229 e. The van der Waals surface area contributed by atoms with E-state index in [1.807, 2.05) is 25.1 Å². The first-order chi connectivity index (χ1) is 8.63. The van der Waals surface area contributed by atoms with Gasteiger partial charge in [0.2, 0.25) is 5.91 Å². The number of hydrogen-bond donors (Lipinski definition) is 2. The normalized spacial score (nSPS) is 29.6. The van der Waals surface area contributed by atoms with Crippen molar-refractivity contribution in [2.75, 3.05) is 5.32 Å². The number of amides is 1. The number of nitrogens with one attached hydrogen (secondary N) is 2. The van der Waals surface area contributed by atoms with Crippen molar-refractivity contribution in [1.29, 1.82) is 0 Å². The van der Waals surface area contributed by atoms with Crippen molar-refractivity contribution in [2.45, 2.75) is 38.3 Å². The lowest BCUT2D eigenvalue weighted by molar-refractivity contribution is -0.120. The summed E-state index contributed by atoms with van der Waals surface area (Å²) in [5.41, 5.74) is 2.03. The third-order valence-electron chi connectivity index (χ3n) is 4.02. The van der Waals surface area contributed by atoms with Crippen molar-refractivity contribution in [3.8, 4) is 0 Å². The van der Waals surface area contributed by atoms with Crippen LogP contribution in [0.15, 0.2) is 22.7 Å². The second-order valence-electron chi connectivity index (χ2n) is 5.36. The first-order valence-electron chi connectivity index (χ1n) is 6.46. The molecule has 2 saturated heterocycles. The Morgan fingerprint density at radius 1 is 1.44 bits per heavy atom. The van der Waals surface area contributed by atoms with Gasteiger partial charge in [-0.15, -0.1) is 0 Å². The van der Waals surface area contributed by atoms with Crippen molar-refractivity contribution in [1.82, 2.24) is 5.32 Å². The Balaban J connectivity index is 1.72. The fourth-order valence-electron chi connectivity index (χ4n) is 3.07. The highest BCUT2D eigenvalue weighted by atomic mass is 79.9. The molecule has 0 radical (unpaired) electrons. The first kappa shape index (κ1) is 12.2. The number of carbonyl (C=O) groups excluding carboxylic acids is 1. The summed E-state index contributed by atoms with van der Waals surface area (Å²) in [6, 6.07) is 6.95. The van der Waals surface area contributed by atoms with E-state index in [1.54, 1.807) is 0 Å². The molecule has 18 heavy (non-hydrogen) atoms. The van der Waals surface area contributed by atoms with E-state index in [9.17, 15) is 4.79 Å². The van der Waals surface area contributed by atoms with Crippen LogP contribution in [-0.2, 0) is 4.79 Å². The van der Waals surface area contributed by atoms with Crippen molar-refractivity contribution < 1.29 is 4.79 Å². The lowest BCUT2D eigenvalue weighted by Crippen LogP contribution is -2.32. The molecule has 3 rings (SSSR count). The molecule has 1 aromatic carbocycles. The number of carbonyl (C=O) groups is 1. The second-order valence-corrected chi connectivity index (χ2v) is 6.22. The maximum absolute atomic E-state index is 12.3. The van der Waals surface area contributed by atoms with Crippen LogP contribution in [0.4, 0.5) is 5.69 Å². The van der Waals surface area contributed by atoms with E-state index in [0.717, 1.165) is 28.6 Å². The molecule has 1 amide bonds. The molecule has 3 atom stereocenters. The van der Waals surface area contributed by atoms with Crippen LogP contribution in [0.1, 0.15) is 24.8 Å². The van der Waals surface area contributed by atoms with Gasteiger partial charge in [-0.05, 0) is 59.8 Å². The summed E-state index contributed by atoms with van der Waals surface area (Å²) < 4.78 is 0.942. The standard InChI is InChI=1S/C14H17BrN2O/c1-8-2-4-11(15)13(6-8)17-14(18)10-7-9-3-5-12(10)16-9/h2,4,6,9-10,12,16H,3,5,7H2,1H3,(H,17,18). The van der Waals surface area contributed by atoms with Crippen LogP contribution in [0.3, 0.4) is 0 Å². The van der Waals surface area contributed by atoms with Crippen LogP contribution in [0.5, 0.6) is 0 Å². The molecule has 2 N–H and O–H groups in total. The number of halogens is 1. The predicted molar refractivity (Wildman–Crippen MR) is 75.6 cm³/mol. The van der Waals surface area contributed by atoms with Gasteiger partial charge < -0.3 is 10.6 Å². The van der Waals surface area contributed by atoms with Crippen molar-refractivity contribution in [3.05, 3.63) is 28.2 Å². The Labute approximate surface area is 115 Å². The topological polar surface area (TPSA) is 41.1 Å². The van der Waals surface area contributed by atoms with Crippen LogP contribution in [0, 0.1) is 12.8 Å². The van der Waals surface area contributed by atoms with Gasteiger partial charge in [0.05, 0.1) is 11.6 Å². The molecule has 2 bridgehead atoms. The third-order valence-corrected chi connectivity index (χ3v) is 4.71. The van der Waals surface area contributed by atoms with Crippen LogP contribution in [-0.4, -0.2) is 18.0 Å². The largest absolute Gasteiger partial charge is 0.325 e. The van der Waals surface area contributed by atoms with E-state index in [1.165, 1.54) is 6.42 Å². The zero-order chi connectivity index (χ0) is 12.7. The predicted octanol–water partition coefficient (Wildman–Crippen LogP) is 2.84. The van der Waals surface area contributed by atoms with E-state index in [-0.39, 0.29) is 11.8 Å². The first-order valence-corrected chi connectivity index (χ1v) is 7.26. The van der Waals surface area contributed by atoms with Gasteiger partial charge in [0, 0.05) is 16.6 Å². The maximum atomic E-state index is 12.3. The van der Waals surface area contributed by atoms with Crippen LogP contribution in [0.25, 0.3) is 0 Å². The molecular weight excluding hydrogens is 292 g/mol. The number of anilines is 1. The van der Waals surface area contributed by atoms with Gasteiger partial charge in [-0.25, -0.2) is 0 Å². The van der Waals surface area contributed by atoms with Gasteiger partial charge in [0.15, 0.2) is 0 Å². The van der Waals surface area contributed by atoms with Gasteiger partial charge in [0.25, 0.3) is 0 Å². The summed E-state index contributed by atoms with van der Waals surface area (Å²) in [6.07, 6.45) is 3.35. The summed E-state index contributed by atoms with van der Waals surface area (Å²) in [7, 11) is 0. The number of fused-ring (bicyclic) bond motifs is 2. The lowest BCUT2D eigenvalue weighted by Gasteiger charge is -2.20. The number of benzene rings is 1. The summed E-state index contributed by atoms with van der Waals surface area (Å²) in [6.45, 7) is 2.03. The van der Waals surface area contributed by atoms with Gasteiger partial charge in [-0.3, -0.25) is 4.79 Å². The van der Waals surface area contributed by atoms with Crippen LogP contribution in [0.2, 0.25) is 0 Å². The van der Waals surface area contributed by atoms with Gasteiger partial charge >= 0.3 is 0 Å². The van der Waals surface area contributed by atoms with E-state index < -0.39 is 0 Å². The molecule has 0 aliphatic carbocycles. The van der Waals surface area contributed by atoms with E-state index in [4.69, 9.17) is 0 Å². The zero-order valence-corrected chi connectivity index (χ0v) is 12.0. The fourth-order valence-corrected chi connectivity index (χ4v) is 3.42. The van der Waals surface area contributed by atoms with Crippen molar-refractivity contribution in [3.63, 3.8) is 0 Å². The number of aryl methyl sites for hydroxylation is 1. The Kier molecular flexibility index (Phi) is 3.16. The zero-order valence-electron chi connectivity index (χ0n) is 10.4. The molecule has 0 aromatic heterocycles.